The van der Waals surface area contributed by atoms with Crippen LogP contribution in [0.1, 0.15) is 39.2 Å². The third-order valence-electron chi connectivity index (χ3n) is 4.69. The highest BCUT2D eigenvalue weighted by molar-refractivity contribution is 5.80. The summed E-state index contributed by atoms with van der Waals surface area (Å²) < 4.78 is 5.95. The first kappa shape index (κ1) is 20.6. The van der Waals surface area contributed by atoms with Crippen LogP contribution in [0, 0.1) is 12.8 Å². The first-order valence-electron chi connectivity index (χ1n) is 9.89. The zero-order valence-corrected chi connectivity index (χ0v) is 17.1. The van der Waals surface area contributed by atoms with Crippen molar-refractivity contribution in [2.45, 2.75) is 52.7 Å². The molecular weight excluding hydrogens is 324 g/mol. The van der Waals surface area contributed by atoms with Crippen LogP contribution in [0.2, 0.25) is 0 Å². The van der Waals surface area contributed by atoms with E-state index in [-0.39, 0.29) is 6.10 Å². The first-order valence-corrected chi connectivity index (χ1v) is 9.89. The lowest BCUT2D eigenvalue weighted by Gasteiger charge is -2.34. The Bertz CT molecular complexity index is 548. The van der Waals surface area contributed by atoms with E-state index < -0.39 is 0 Å². The Morgan fingerprint density at radius 3 is 2.42 bits per heavy atom. The number of hydrogen-bond donors (Lipinski definition) is 2. The fraction of sp³-hybridized carbons (Fsp3) is 0.667. The summed E-state index contributed by atoms with van der Waals surface area (Å²) in [4.78, 5) is 6.93. The van der Waals surface area contributed by atoms with Crippen LogP contribution < -0.4 is 15.4 Å². The molecule has 0 saturated carbocycles. The molecule has 1 heterocycles. The number of nitrogens with one attached hydrogen (secondary N) is 2. The van der Waals surface area contributed by atoms with Crippen LogP contribution in [-0.2, 0) is 0 Å². The topological polar surface area (TPSA) is 48.9 Å². The Balaban J connectivity index is 1.70. The van der Waals surface area contributed by atoms with Crippen molar-refractivity contribution in [3.63, 3.8) is 0 Å². The van der Waals surface area contributed by atoms with Gasteiger partial charge in [0.2, 0.25) is 0 Å². The van der Waals surface area contributed by atoms with E-state index in [4.69, 9.17) is 4.74 Å². The number of nitrogens with zero attached hydrogens (tertiary/aromatic N) is 2. The van der Waals surface area contributed by atoms with E-state index >= 15 is 0 Å². The lowest BCUT2D eigenvalue weighted by atomic mass is 10.0. The molecule has 0 aliphatic carbocycles. The number of aryl methyl sites for hydroxylation is 1. The lowest BCUT2D eigenvalue weighted by Crippen LogP contribution is -2.50. The number of aliphatic imine (C=N–C) groups is 1. The Labute approximate surface area is 159 Å². The Kier molecular flexibility index (Phi) is 8.23. The molecule has 1 unspecified atom stereocenters. The van der Waals surface area contributed by atoms with E-state index in [1.807, 2.05) is 19.2 Å². The van der Waals surface area contributed by atoms with Crippen LogP contribution in [0.25, 0.3) is 0 Å². The number of benzene rings is 1. The van der Waals surface area contributed by atoms with Gasteiger partial charge in [-0.05, 0) is 44.7 Å². The van der Waals surface area contributed by atoms with Gasteiger partial charge in [-0.1, -0.05) is 31.5 Å². The van der Waals surface area contributed by atoms with Gasteiger partial charge in [0.15, 0.2) is 5.96 Å². The molecule has 1 aliphatic rings. The Hall–Kier alpha value is -1.75. The largest absolute Gasteiger partial charge is 0.489 e. The molecule has 5 nitrogen and oxygen atoms in total. The van der Waals surface area contributed by atoms with Gasteiger partial charge in [0.1, 0.15) is 11.9 Å². The van der Waals surface area contributed by atoms with Gasteiger partial charge < -0.3 is 20.3 Å². The molecule has 1 aliphatic heterocycles. The van der Waals surface area contributed by atoms with Crippen molar-refractivity contribution in [2.24, 2.45) is 10.9 Å². The minimum atomic E-state index is 0.0733. The number of hydrogen-bond acceptors (Lipinski definition) is 3. The monoisotopic (exact) mass is 360 g/mol. The molecule has 1 aromatic carbocycles. The van der Waals surface area contributed by atoms with Crippen molar-refractivity contribution in [2.75, 3.05) is 33.2 Å². The number of likely N-dealkylation sites (tertiary alicyclic amines) is 1. The van der Waals surface area contributed by atoms with E-state index in [1.54, 1.807) is 0 Å². The molecule has 1 fully saturated rings. The molecule has 2 rings (SSSR count). The maximum atomic E-state index is 5.95. The predicted molar refractivity (Wildman–Crippen MR) is 110 cm³/mol. The molecule has 1 saturated heterocycles. The fourth-order valence-corrected chi connectivity index (χ4v) is 3.30. The molecule has 0 aromatic heterocycles. The second kappa shape index (κ2) is 10.4. The summed E-state index contributed by atoms with van der Waals surface area (Å²) in [5, 5.41) is 6.95. The minimum Gasteiger partial charge on any atom is -0.489 e. The van der Waals surface area contributed by atoms with Gasteiger partial charge in [0.05, 0.1) is 6.54 Å². The molecule has 26 heavy (non-hydrogen) atoms. The third-order valence-corrected chi connectivity index (χ3v) is 4.69. The van der Waals surface area contributed by atoms with Gasteiger partial charge in [-0.15, -0.1) is 0 Å². The van der Waals surface area contributed by atoms with Gasteiger partial charge in [-0.2, -0.15) is 0 Å². The fourth-order valence-electron chi connectivity index (χ4n) is 3.30. The van der Waals surface area contributed by atoms with Gasteiger partial charge in [0, 0.05) is 32.7 Å². The Morgan fingerprint density at radius 1 is 1.19 bits per heavy atom. The first-order chi connectivity index (χ1) is 12.5. The molecule has 0 amide bonds. The number of piperidine rings is 1. The zero-order valence-electron chi connectivity index (χ0n) is 17.1. The number of guanidine groups is 1. The summed E-state index contributed by atoms with van der Waals surface area (Å²) in [6, 6.07) is 8.68. The summed E-state index contributed by atoms with van der Waals surface area (Å²) in [5.41, 5.74) is 1.24. The SMILES string of the molecule is CN=C(NCC(C)Oc1ccc(C)cc1)NC1CCN(CC(C)C)CC1. The average Bonchev–Trinajstić information content (AvgIpc) is 2.61. The molecule has 1 aromatic rings. The maximum absolute atomic E-state index is 5.95. The molecule has 0 bridgehead atoms. The molecule has 1 atom stereocenters. The molecule has 5 heteroatoms. The lowest BCUT2D eigenvalue weighted by molar-refractivity contribution is 0.186. The van der Waals surface area contributed by atoms with E-state index in [0.29, 0.717) is 6.04 Å². The van der Waals surface area contributed by atoms with Crippen LogP contribution in [0.5, 0.6) is 5.75 Å². The molecule has 0 spiro atoms. The highest BCUT2D eigenvalue weighted by Crippen LogP contribution is 2.13. The van der Waals surface area contributed by atoms with Crippen molar-refractivity contribution in [1.82, 2.24) is 15.5 Å². The minimum absolute atomic E-state index is 0.0733. The van der Waals surface area contributed by atoms with Gasteiger partial charge >= 0.3 is 0 Å². The average molecular weight is 361 g/mol. The summed E-state index contributed by atoms with van der Waals surface area (Å²) in [6.07, 6.45) is 2.41. The number of ether oxygens (including phenoxy) is 1. The Morgan fingerprint density at radius 2 is 1.85 bits per heavy atom. The van der Waals surface area contributed by atoms with Gasteiger partial charge in [-0.25, -0.2) is 0 Å². The van der Waals surface area contributed by atoms with Crippen molar-refractivity contribution in [3.8, 4) is 5.75 Å². The van der Waals surface area contributed by atoms with E-state index in [9.17, 15) is 0 Å². The maximum Gasteiger partial charge on any atom is 0.191 e. The predicted octanol–water partition coefficient (Wildman–Crippen LogP) is 3.05. The van der Waals surface area contributed by atoms with Crippen LogP contribution in [0.3, 0.4) is 0 Å². The van der Waals surface area contributed by atoms with Gasteiger partial charge in [0.25, 0.3) is 0 Å². The summed E-state index contributed by atoms with van der Waals surface area (Å²) in [5.74, 6) is 2.51. The third kappa shape index (κ3) is 7.24. The smallest absolute Gasteiger partial charge is 0.191 e. The number of rotatable bonds is 7. The summed E-state index contributed by atoms with van der Waals surface area (Å²) in [6.45, 7) is 13.0. The van der Waals surface area contributed by atoms with E-state index in [0.717, 1.165) is 24.2 Å². The molecule has 0 radical (unpaired) electrons. The quantitative estimate of drug-likeness (QED) is 0.580. The van der Waals surface area contributed by atoms with E-state index in [1.165, 1.54) is 38.0 Å². The highest BCUT2D eigenvalue weighted by atomic mass is 16.5. The molecule has 2 N–H and O–H groups in total. The van der Waals surface area contributed by atoms with Crippen LogP contribution >= 0.6 is 0 Å². The molecule has 146 valence electrons. The van der Waals surface area contributed by atoms with Crippen molar-refractivity contribution < 1.29 is 4.74 Å². The summed E-state index contributed by atoms with van der Waals surface area (Å²) in [7, 11) is 1.83. The van der Waals surface area contributed by atoms with Crippen molar-refractivity contribution >= 4 is 5.96 Å². The van der Waals surface area contributed by atoms with E-state index in [2.05, 4.69) is 60.4 Å². The van der Waals surface area contributed by atoms with Crippen LogP contribution in [-0.4, -0.2) is 56.2 Å². The zero-order chi connectivity index (χ0) is 18.9. The van der Waals surface area contributed by atoms with Crippen molar-refractivity contribution in [3.05, 3.63) is 29.8 Å². The summed E-state index contributed by atoms with van der Waals surface area (Å²) >= 11 is 0. The van der Waals surface area contributed by atoms with Crippen LogP contribution in [0.4, 0.5) is 0 Å². The second-order valence-corrected chi connectivity index (χ2v) is 7.81. The highest BCUT2D eigenvalue weighted by Gasteiger charge is 2.20. The van der Waals surface area contributed by atoms with Gasteiger partial charge in [-0.3, -0.25) is 4.99 Å². The van der Waals surface area contributed by atoms with Crippen LogP contribution in [0.15, 0.2) is 29.3 Å². The molecular formula is C21H36N4O. The van der Waals surface area contributed by atoms with Crippen molar-refractivity contribution in [1.29, 1.82) is 0 Å². The second-order valence-electron chi connectivity index (χ2n) is 7.81. The standard InChI is InChI=1S/C21H36N4O/c1-16(2)15-25-12-10-19(11-13-25)24-21(22-5)23-14-18(4)26-20-8-6-17(3)7-9-20/h6-9,16,18-19H,10-15H2,1-5H3,(H2,22,23,24). The normalized spacial score (nSPS) is 18.0.